The van der Waals surface area contributed by atoms with Crippen LogP contribution < -0.4 is 5.32 Å². The SMILES string of the molecule is CCC[C@@H](N[C@H](C)CO)c1ccccc1. The van der Waals surface area contributed by atoms with Gasteiger partial charge in [-0.3, -0.25) is 0 Å². The van der Waals surface area contributed by atoms with E-state index >= 15 is 0 Å². The van der Waals surface area contributed by atoms with Gasteiger partial charge in [0.1, 0.15) is 0 Å². The number of aliphatic hydroxyl groups is 1. The molecule has 0 aliphatic rings. The van der Waals surface area contributed by atoms with Crippen LogP contribution in [-0.4, -0.2) is 17.8 Å². The normalized spacial score (nSPS) is 14.9. The first-order valence-electron chi connectivity index (χ1n) is 5.69. The maximum absolute atomic E-state index is 9.04. The molecule has 2 nitrogen and oxygen atoms in total. The number of hydrogen-bond donors (Lipinski definition) is 2. The summed E-state index contributed by atoms with van der Waals surface area (Å²) in [6.45, 7) is 4.37. The largest absolute Gasteiger partial charge is 0.395 e. The number of nitrogens with one attached hydrogen (secondary N) is 1. The van der Waals surface area contributed by atoms with Crippen LogP contribution >= 0.6 is 0 Å². The second-order valence-electron chi connectivity index (χ2n) is 4.00. The molecule has 1 aromatic rings. The zero-order valence-corrected chi connectivity index (χ0v) is 9.61. The summed E-state index contributed by atoms with van der Waals surface area (Å²) in [6, 6.07) is 10.9. The molecule has 0 saturated carbocycles. The Balaban J connectivity index is 2.65. The van der Waals surface area contributed by atoms with Crippen LogP contribution in [0.5, 0.6) is 0 Å². The lowest BCUT2D eigenvalue weighted by atomic mass is 10.0. The Kier molecular flexibility index (Phi) is 5.37. The summed E-state index contributed by atoms with van der Waals surface area (Å²) in [5.41, 5.74) is 1.31. The predicted octanol–water partition coefficient (Wildman–Crippen LogP) is 2.50. The molecule has 0 aliphatic carbocycles. The first kappa shape index (κ1) is 12.2. The first-order valence-corrected chi connectivity index (χ1v) is 5.69. The predicted molar refractivity (Wildman–Crippen MR) is 63.8 cm³/mol. The highest BCUT2D eigenvalue weighted by molar-refractivity contribution is 5.18. The first-order chi connectivity index (χ1) is 7.27. The molecule has 0 heterocycles. The van der Waals surface area contributed by atoms with Crippen molar-refractivity contribution in [3.05, 3.63) is 35.9 Å². The fourth-order valence-corrected chi connectivity index (χ4v) is 1.72. The highest BCUT2D eigenvalue weighted by Gasteiger charge is 2.12. The summed E-state index contributed by atoms with van der Waals surface area (Å²) >= 11 is 0. The average molecular weight is 207 g/mol. The van der Waals surface area contributed by atoms with E-state index in [9.17, 15) is 0 Å². The van der Waals surface area contributed by atoms with Gasteiger partial charge in [-0.1, -0.05) is 43.7 Å². The van der Waals surface area contributed by atoms with Gasteiger partial charge in [0.15, 0.2) is 0 Å². The van der Waals surface area contributed by atoms with Gasteiger partial charge >= 0.3 is 0 Å². The van der Waals surface area contributed by atoms with E-state index in [1.807, 2.05) is 13.0 Å². The van der Waals surface area contributed by atoms with E-state index in [1.54, 1.807) is 0 Å². The fourth-order valence-electron chi connectivity index (χ4n) is 1.72. The van der Waals surface area contributed by atoms with E-state index in [-0.39, 0.29) is 12.6 Å². The van der Waals surface area contributed by atoms with Gasteiger partial charge in [-0.15, -0.1) is 0 Å². The minimum absolute atomic E-state index is 0.154. The Morgan fingerprint density at radius 2 is 1.93 bits per heavy atom. The quantitative estimate of drug-likeness (QED) is 0.751. The zero-order chi connectivity index (χ0) is 11.1. The summed E-state index contributed by atoms with van der Waals surface area (Å²) in [5.74, 6) is 0. The number of aliphatic hydroxyl groups excluding tert-OH is 1. The molecule has 0 unspecified atom stereocenters. The van der Waals surface area contributed by atoms with Crippen molar-refractivity contribution >= 4 is 0 Å². The molecule has 0 fully saturated rings. The molecule has 0 saturated heterocycles. The monoisotopic (exact) mass is 207 g/mol. The van der Waals surface area contributed by atoms with E-state index in [1.165, 1.54) is 5.56 Å². The number of hydrogen-bond acceptors (Lipinski definition) is 2. The second-order valence-corrected chi connectivity index (χ2v) is 4.00. The lowest BCUT2D eigenvalue weighted by Gasteiger charge is -2.22. The number of benzene rings is 1. The van der Waals surface area contributed by atoms with E-state index in [0.717, 1.165) is 12.8 Å². The molecule has 0 spiro atoms. The zero-order valence-electron chi connectivity index (χ0n) is 9.61. The molecule has 2 N–H and O–H groups in total. The Labute approximate surface area is 92.3 Å². The van der Waals surface area contributed by atoms with Gasteiger partial charge < -0.3 is 10.4 Å². The van der Waals surface area contributed by atoms with Gasteiger partial charge in [0.2, 0.25) is 0 Å². The molecule has 2 atom stereocenters. The summed E-state index contributed by atoms with van der Waals surface area (Å²) in [5, 5.41) is 12.5. The van der Waals surface area contributed by atoms with Crippen molar-refractivity contribution in [2.24, 2.45) is 0 Å². The van der Waals surface area contributed by atoms with Crippen LogP contribution in [0.1, 0.15) is 38.3 Å². The van der Waals surface area contributed by atoms with E-state index < -0.39 is 0 Å². The fraction of sp³-hybridized carbons (Fsp3) is 0.538. The third-order valence-corrected chi connectivity index (χ3v) is 2.54. The van der Waals surface area contributed by atoms with E-state index in [2.05, 4.69) is 36.5 Å². The van der Waals surface area contributed by atoms with Crippen molar-refractivity contribution < 1.29 is 5.11 Å². The van der Waals surface area contributed by atoms with Crippen molar-refractivity contribution in [3.8, 4) is 0 Å². The molecular formula is C13H21NO. The van der Waals surface area contributed by atoms with Crippen LogP contribution in [0.25, 0.3) is 0 Å². The molecule has 0 aliphatic heterocycles. The Hall–Kier alpha value is -0.860. The average Bonchev–Trinajstić information content (AvgIpc) is 2.29. The van der Waals surface area contributed by atoms with Gasteiger partial charge in [0.05, 0.1) is 6.61 Å². The Morgan fingerprint density at radius 1 is 1.27 bits per heavy atom. The lowest BCUT2D eigenvalue weighted by Crippen LogP contribution is -2.33. The van der Waals surface area contributed by atoms with Crippen molar-refractivity contribution in [2.75, 3.05) is 6.61 Å². The highest BCUT2D eigenvalue weighted by Crippen LogP contribution is 2.18. The summed E-state index contributed by atoms with van der Waals surface area (Å²) < 4.78 is 0. The topological polar surface area (TPSA) is 32.3 Å². The maximum atomic E-state index is 9.04. The smallest absolute Gasteiger partial charge is 0.0582 e. The summed E-state index contributed by atoms with van der Waals surface area (Å²) in [7, 11) is 0. The van der Waals surface area contributed by atoms with Gasteiger partial charge in [-0.25, -0.2) is 0 Å². The van der Waals surface area contributed by atoms with Gasteiger partial charge in [-0.05, 0) is 18.9 Å². The minimum Gasteiger partial charge on any atom is -0.395 e. The van der Waals surface area contributed by atoms with Crippen LogP contribution in [0.4, 0.5) is 0 Å². The van der Waals surface area contributed by atoms with Crippen LogP contribution in [-0.2, 0) is 0 Å². The Bertz CT molecular complexity index is 260. The Morgan fingerprint density at radius 3 is 2.47 bits per heavy atom. The maximum Gasteiger partial charge on any atom is 0.0582 e. The molecule has 0 aromatic heterocycles. The molecule has 0 bridgehead atoms. The van der Waals surface area contributed by atoms with Crippen LogP contribution in [0.3, 0.4) is 0 Å². The molecule has 1 rings (SSSR count). The van der Waals surface area contributed by atoms with Gasteiger partial charge in [-0.2, -0.15) is 0 Å². The minimum atomic E-state index is 0.154. The molecule has 0 radical (unpaired) electrons. The molecule has 1 aromatic carbocycles. The van der Waals surface area contributed by atoms with Crippen LogP contribution in [0, 0.1) is 0 Å². The molecule has 0 amide bonds. The van der Waals surface area contributed by atoms with Gasteiger partial charge in [0.25, 0.3) is 0 Å². The van der Waals surface area contributed by atoms with Crippen molar-refractivity contribution in [1.82, 2.24) is 5.32 Å². The van der Waals surface area contributed by atoms with Crippen molar-refractivity contribution in [3.63, 3.8) is 0 Å². The molecule has 15 heavy (non-hydrogen) atoms. The van der Waals surface area contributed by atoms with Gasteiger partial charge in [0, 0.05) is 12.1 Å². The summed E-state index contributed by atoms with van der Waals surface area (Å²) in [4.78, 5) is 0. The lowest BCUT2D eigenvalue weighted by molar-refractivity contribution is 0.238. The van der Waals surface area contributed by atoms with Crippen molar-refractivity contribution in [2.45, 2.75) is 38.8 Å². The van der Waals surface area contributed by atoms with E-state index in [0.29, 0.717) is 6.04 Å². The standard InChI is InChI=1S/C13H21NO/c1-3-7-13(14-11(2)10-15)12-8-5-4-6-9-12/h4-6,8-9,11,13-15H,3,7,10H2,1-2H3/t11-,13-/m1/s1. The highest BCUT2D eigenvalue weighted by atomic mass is 16.3. The van der Waals surface area contributed by atoms with Crippen molar-refractivity contribution in [1.29, 1.82) is 0 Å². The van der Waals surface area contributed by atoms with E-state index in [4.69, 9.17) is 5.11 Å². The number of rotatable bonds is 6. The summed E-state index contributed by atoms with van der Waals surface area (Å²) in [6.07, 6.45) is 2.25. The third kappa shape index (κ3) is 4.02. The van der Waals surface area contributed by atoms with Crippen LogP contribution in [0.2, 0.25) is 0 Å². The molecule has 2 heteroatoms. The molecular weight excluding hydrogens is 186 g/mol. The second kappa shape index (κ2) is 6.59. The van der Waals surface area contributed by atoms with Crippen LogP contribution in [0.15, 0.2) is 30.3 Å². The molecule has 84 valence electrons. The third-order valence-electron chi connectivity index (χ3n) is 2.54.